The number of aryl methyl sites for hydroxylation is 1. The molecule has 2 aliphatic heterocycles. The first-order valence-corrected chi connectivity index (χ1v) is 15.8. The Morgan fingerprint density at radius 1 is 0.837 bits per heavy atom. The lowest BCUT2D eigenvalue weighted by atomic mass is 9.89. The number of ether oxygens (including phenoxy) is 1. The molecule has 0 bridgehead atoms. The average molecular weight is 584 g/mol. The highest BCUT2D eigenvalue weighted by atomic mass is 16.5. The number of morpholine rings is 1. The van der Waals surface area contributed by atoms with E-state index in [0.29, 0.717) is 23.7 Å². The Hall–Kier alpha value is -3.88. The van der Waals surface area contributed by atoms with Gasteiger partial charge in [-0.25, -0.2) is 4.79 Å². The summed E-state index contributed by atoms with van der Waals surface area (Å²) < 4.78 is 5.44. The van der Waals surface area contributed by atoms with E-state index in [2.05, 4.69) is 63.0 Å². The summed E-state index contributed by atoms with van der Waals surface area (Å²) in [5.41, 5.74) is 5.43. The number of carbonyl (C=O) groups excluding carboxylic acids is 2. The van der Waals surface area contributed by atoms with Gasteiger partial charge in [-0.05, 0) is 86.0 Å². The van der Waals surface area contributed by atoms with Crippen molar-refractivity contribution in [3.05, 3.63) is 89.5 Å². The topological polar surface area (TPSA) is 85.9 Å². The molecule has 2 fully saturated rings. The fourth-order valence-electron chi connectivity index (χ4n) is 5.94. The van der Waals surface area contributed by atoms with Crippen molar-refractivity contribution in [1.82, 2.24) is 10.2 Å². The maximum Gasteiger partial charge on any atom is 0.323 e. The molecule has 3 N–H and O–H groups in total. The summed E-state index contributed by atoms with van der Waals surface area (Å²) in [4.78, 5) is 31.1. The largest absolute Gasteiger partial charge is 0.379 e. The summed E-state index contributed by atoms with van der Waals surface area (Å²) in [6, 6.07) is 23.8. The molecule has 0 aromatic heterocycles. The van der Waals surface area contributed by atoms with Crippen molar-refractivity contribution >= 4 is 29.0 Å². The lowest BCUT2D eigenvalue weighted by molar-refractivity contribution is 0.0374. The number of nitrogens with one attached hydrogen (secondary N) is 3. The van der Waals surface area contributed by atoms with Crippen molar-refractivity contribution < 1.29 is 14.3 Å². The predicted octanol–water partition coefficient (Wildman–Crippen LogP) is 5.80. The Bertz CT molecular complexity index is 1320. The number of nitrogens with zero attached hydrogens (tertiary/aromatic N) is 2. The number of hydrogen-bond acceptors (Lipinski definition) is 5. The summed E-state index contributed by atoms with van der Waals surface area (Å²) in [6.45, 7) is 8.86. The normalized spacial score (nSPS) is 16.1. The summed E-state index contributed by atoms with van der Waals surface area (Å²) >= 11 is 0. The smallest absolute Gasteiger partial charge is 0.323 e. The first kappa shape index (κ1) is 30.6. The van der Waals surface area contributed by atoms with Crippen LogP contribution in [0.4, 0.5) is 21.9 Å². The number of anilines is 3. The van der Waals surface area contributed by atoms with E-state index in [1.54, 1.807) is 0 Å². The SMILES string of the molecule is CCc1ccc(NC(=O)Nc2ccc(N3CCC(Cc4ccccc4)CC3)c(C(=O)NCCCN3CCOCC3)c2)cc1. The van der Waals surface area contributed by atoms with Gasteiger partial charge in [0.05, 0.1) is 18.8 Å². The molecule has 2 aliphatic rings. The van der Waals surface area contributed by atoms with Crippen LogP contribution in [0.25, 0.3) is 0 Å². The monoisotopic (exact) mass is 583 g/mol. The summed E-state index contributed by atoms with van der Waals surface area (Å²) in [5.74, 6) is 0.523. The number of carbonyl (C=O) groups is 2. The second-order valence-corrected chi connectivity index (χ2v) is 11.5. The van der Waals surface area contributed by atoms with Crippen LogP contribution < -0.4 is 20.9 Å². The average Bonchev–Trinajstić information content (AvgIpc) is 3.05. The Kier molecular flexibility index (Phi) is 11.1. The number of amides is 3. The summed E-state index contributed by atoms with van der Waals surface area (Å²) in [7, 11) is 0. The molecule has 0 unspecified atom stereocenters. The van der Waals surface area contributed by atoms with Crippen molar-refractivity contribution in [3.8, 4) is 0 Å². The van der Waals surface area contributed by atoms with Gasteiger partial charge in [-0.1, -0.05) is 49.4 Å². The third kappa shape index (κ3) is 9.05. The minimum atomic E-state index is -0.337. The van der Waals surface area contributed by atoms with Crippen LogP contribution in [-0.4, -0.2) is 69.3 Å². The molecule has 228 valence electrons. The van der Waals surface area contributed by atoms with Crippen molar-refractivity contribution in [1.29, 1.82) is 0 Å². The van der Waals surface area contributed by atoms with E-state index in [1.165, 1.54) is 11.1 Å². The van der Waals surface area contributed by atoms with Gasteiger partial charge in [0.1, 0.15) is 0 Å². The van der Waals surface area contributed by atoms with Crippen molar-refractivity contribution in [3.63, 3.8) is 0 Å². The van der Waals surface area contributed by atoms with Gasteiger partial charge in [0, 0.05) is 49.8 Å². The first-order valence-electron chi connectivity index (χ1n) is 15.8. The molecule has 0 atom stereocenters. The van der Waals surface area contributed by atoms with Gasteiger partial charge in [-0.2, -0.15) is 0 Å². The van der Waals surface area contributed by atoms with Crippen LogP contribution in [0.5, 0.6) is 0 Å². The van der Waals surface area contributed by atoms with Crippen LogP contribution in [-0.2, 0) is 17.6 Å². The second-order valence-electron chi connectivity index (χ2n) is 11.5. The van der Waals surface area contributed by atoms with Gasteiger partial charge in [0.2, 0.25) is 0 Å². The Labute approximate surface area is 255 Å². The van der Waals surface area contributed by atoms with Gasteiger partial charge in [0.25, 0.3) is 5.91 Å². The molecule has 0 spiro atoms. The quantitative estimate of drug-likeness (QED) is 0.248. The molecule has 0 aliphatic carbocycles. The minimum absolute atomic E-state index is 0.109. The highest BCUT2D eigenvalue weighted by molar-refractivity contribution is 6.04. The standard InChI is InChI=1S/C35H45N5O3/c1-2-27-9-11-30(12-10-27)37-35(42)38-31-13-14-33(40-19-15-29(16-20-40)25-28-7-4-3-5-8-28)32(26-31)34(41)36-17-6-18-39-21-23-43-24-22-39/h3-5,7-14,26,29H,2,6,15-25H2,1H3,(H,36,41)(H2,37,38,42). The minimum Gasteiger partial charge on any atom is -0.379 e. The van der Waals surface area contributed by atoms with E-state index < -0.39 is 0 Å². The van der Waals surface area contributed by atoms with E-state index in [0.717, 1.165) is 89.4 Å². The van der Waals surface area contributed by atoms with E-state index in [9.17, 15) is 9.59 Å². The Morgan fingerprint density at radius 3 is 2.26 bits per heavy atom. The molecule has 3 aromatic carbocycles. The molecular weight excluding hydrogens is 538 g/mol. The van der Waals surface area contributed by atoms with Crippen LogP contribution in [0.2, 0.25) is 0 Å². The van der Waals surface area contributed by atoms with Crippen LogP contribution in [0, 0.1) is 5.92 Å². The zero-order valence-corrected chi connectivity index (χ0v) is 25.3. The molecule has 8 nitrogen and oxygen atoms in total. The van der Waals surface area contributed by atoms with Gasteiger partial charge < -0.3 is 25.6 Å². The van der Waals surface area contributed by atoms with Gasteiger partial charge >= 0.3 is 6.03 Å². The lowest BCUT2D eigenvalue weighted by Gasteiger charge is -2.35. The predicted molar refractivity (Wildman–Crippen MR) is 174 cm³/mol. The number of hydrogen-bond donors (Lipinski definition) is 3. The van der Waals surface area contributed by atoms with Crippen LogP contribution in [0.15, 0.2) is 72.8 Å². The third-order valence-electron chi connectivity index (χ3n) is 8.48. The second kappa shape index (κ2) is 15.5. The van der Waals surface area contributed by atoms with Gasteiger partial charge in [-0.3, -0.25) is 9.69 Å². The fourth-order valence-corrected chi connectivity index (χ4v) is 5.94. The lowest BCUT2D eigenvalue weighted by Crippen LogP contribution is -2.38. The van der Waals surface area contributed by atoms with Gasteiger partial charge in [0.15, 0.2) is 0 Å². The summed E-state index contributed by atoms with van der Waals surface area (Å²) in [5, 5.41) is 8.95. The highest BCUT2D eigenvalue weighted by Gasteiger charge is 2.24. The van der Waals surface area contributed by atoms with E-state index in [4.69, 9.17) is 4.74 Å². The number of piperidine rings is 1. The summed E-state index contributed by atoms with van der Waals surface area (Å²) in [6.07, 6.45) is 5.07. The van der Waals surface area contributed by atoms with Crippen molar-refractivity contribution in [2.75, 3.05) is 68.0 Å². The Balaban J connectivity index is 1.23. The van der Waals surface area contributed by atoms with Crippen LogP contribution in [0.1, 0.15) is 47.7 Å². The fraction of sp³-hybridized carbons (Fsp3) is 0.429. The molecule has 3 aromatic rings. The van der Waals surface area contributed by atoms with Crippen LogP contribution >= 0.6 is 0 Å². The molecule has 5 rings (SSSR count). The molecule has 3 amide bonds. The Morgan fingerprint density at radius 2 is 1.53 bits per heavy atom. The zero-order valence-electron chi connectivity index (χ0n) is 25.3. The van der Waals surface area contributed by atoms with Crippen LogP contribution in [0.3, 0.4) is 0 Å². The highest BCUT2D eigenvalue weighted by Crippen LogP contribution is 2.30. The van der Waals surface area contributed by atoms with E-state index in [-0.39, 0.29) is 11.9 Å². The molecular formula is C35H45N5O3. The molecule has 2 heterocycles. The van der Waals surface area contributed by atoms with E-state index >= 15 is 0 Å². The van der Waals surface area contributed by atoms with Crippen molar-refractivity contribution in [2.24, 2.45) is 5.92 Å². The third-order valence-corrected chi connectivity index (χ3v) is 8.48. The molecule has 8 heteroatoms. The molecule has 43 heavy (non-hydrogen) atoms. The van der Waals surface area contributed by atoms with E-state index in [1.807, 2.05) is 42.5 Å². The molecule has 0 saturated carbocycles. The molecule has 0 radical (unpaired) electrons. The number of rotatable bonds is 11. The maximum atomic E-state index is 13.6. The van der Waals surface area contributed by atoms with Gasteiger partial charge in [-0.15, -0.1) is 0 Å². The van der Waals surface area contributed by atoms with Crippen molar-refractivity contribution in [2.45, 2.75) is 39.0 Å². The molecule has 2 saturated heterocycles. The number of benzene rings is 3. The first-order chi connectivity index (χ1) is 21.1. The maximum absolute atomic E-state index is 13.6. The zero-order chi connectivity index (χ0) is 29.9. The number of urea groups is 1.